The van der Waals surface area contributed by atoms with Crippen molar-refractivity contribution in [3.8, 4) is 5.75 Å². The van der Waals surface area contributed by atoms with E-state index in [2.05, 4.69) is 35.5 Å². The molecular weight excluding hydrogens is 278 g/mol. The third-order valence-electron chi connectivity index (χ3n) is 3.61. The molecule has 5 heteroatoms. The van der Waals surface area contributed by atoms with Crippen LogP contribution in [-0.4, -0.2) is 38.9 Å². The number of benzene rings is 1. The van der Waals surface area contributed by atoms with Gasteiger partial charge in [-0.15, -0.1) is 0 Å². The molecule has 1 fully saturated rings. The molecule has 1 aromatic carbocycles. The van der Waals surface area contributed by atoms with Gasteiger partial charge < -0.3 is 20.1 Å². The molecule has 0 saturated carbocycles. The fraction of sp³-hybridized carbons (Fsp3) is 0.588. The molecule has 0 unspecified atom stereocenters. The molecule has 5 nitrogen and oxygen atoms in total. The van der Waals surface area contributed by atoms with Crippen LogP contribution in [0.15, 0.2) is 29.3 Å². The van der Waals surface area contributed by atoms with Crippen LogP contribution < -0.4 is 15.4 Å². The van der Waals surface area contributed by atoms with Gasteiger partial charge in [0.1, 0.15) is 5.75 Å². The lowest BCUT2D eigenvalue weighted by molar-refractivity contribution is -0.0971. The highest BCUT2D eigenvalue weighted by Crippen LogP contribution is 2.25. The van der Waals surface area contributed by atoms with E-state index in [0.717, 1.165) is 43.6 Å². The Hall–Kier alpha value is -1.75. The molecule has 0 aliphatic carbocycles. The van der Waals surface area contributed by atoms with Crippen LogP contribution in [0.2, 0.25) is 0 Å². The van der Waals surface area contributed by atoms with Crippen molar-refractivity contribution in [2.24, 2.45) is 10.4 Å². The minimum atomic E-state index is 0.222. The first-order chi connectivity index (χ1) is 10.7. The first-order valence-corrected chi connectivity index (χ1v) is 7.97. The zero-order valence-electron chi connectivity index (χ0n) is 13.8. The Balaban J connectivity index is 1.97. The van der Waals surface area contributed by atoms with Crippen molar-refractivity contribution in [3.63, 3.8) is 0 Å². The summed E-state index contributed by atoms with van der Waals surface area (Å²) in [6.07, 6.45) is 0. The van der Waals surface area contributed by atoms with Crippen LogP contribution in [0.5, 0.6) is 5.75 Å². The van der Waals surface area contributed by atoms with Crippen LogP contribution in [0.3, 0.4) is 0 Å². The number of guanidine groups is 1. The number of nitrogens with one attached hydrogen (secondary N) is 2. The van der Waals surface area contributed by atoms with E-state index in [4.69, 9.17) is 9.47 Å². The largest absolute Gasteiger partial charge is 0.494 e. The zero-order chi connectivity index (χ0) is 15.8. The maximum Gasteiger partial charge on any atom is 0.191 e. The summed E-state index contributed by atoms with van der Waals surface area (Å²) >= 11 is 0. The van der Waals surface area contributed by atoms with Gasteiger partial charge in [0.25, 0.3) is 0 Å². The first kappa shape index (κ1) is 16.6. The number of rotatable bonds is 7. The van der Waals surface area contributed by atoms with Crippen LogP contribution in [0.1, 0.15) is 26.3 Å². The Bertz CT molecular complexity index is 498. The molecule has 2 rings (SSSR count). The average molecular weight is 305 g/mol. The lowest BCUT2D eigenvalue weighted by Gasteiger charge is -2.38. The van der Waals surface area contributed by atoms with E-state index in [1.807, 2.05) is 25.1 Å². The summed E-state index contributed by atoms with van der Waals surface area (Å²) in [6, 6.07) is 8.04. The Labute approximate surface area is 133 Å². The van der Waals surface area contributed by atoms with Crippen LogP contribution in [0.25, 0.3) is 0 Å². The van der Waals surface area contributed by atoms with Crippen LogP contribution in [0.4, 0.5) is 0 Å². The van der Waals surface area contributed by atoms with Gasteiger partial charge in [0, 0.05) is 24.1 Å². The topological polar surface area (TPSA) is 54.9 Å². The number of ether oxygens (including phenoxy) is 2. The molecule has 1 heterocycles. The molecule has 2 N–H and O–H groups in total. The van der Waals surface area contributed by atoms with Crippen LogP contribution in [0, 0.1) is 5.41 Å². The van der Waals surface area contributed by atoms with Crippen molar-refractivity contribution in [1.29, 1.82) is 0 Å². The Morgan fingerprint density at radius 1 is 1.27 bits per heavy atom. The van der Waals surface area contributed by atoms with Crippen LogP contribution in [-0.2, 0) is 11.3 Å². The van der Waals surface area contributed by atoms with E-state index in [-0.39, 0.29) is 5.41 Å². The van der Waals surface area contributed by atoms with E-state index in [1.165, 1.54) is 0 Å². The maximum atomic E-state index is 5.64. The van der Waals surface area contributed by atoms with E-state index in [0.29, 0.717) is 13.2 Å². The van der Waals surface area contributed by atoms with Gasteiger partial charge in [-0.05, 0) is 19.9 Å². The standard InChI is InChI=1S/C17H27N3O2/c1-4-18-16(20-11-17(3)12-21-13-17)19-10-14-8-6-7-9-15(14)22-5-2/h6-9H,4-5,10-13H2,1-3H3,(H2,18,19,20). The van der Waals surface area contributed by atoms with Gasteiger partial charge in [-0.2, -0.15) is 0 Å². The van der Waals surface area contributed by atoms with E-state index < -0.39 is 0 Å². The summed E-state index contributed by atoms with van der Waals surface area (Å²) < 4.78 is 10.9. The molecule has 0 aromatic heterocycles. The second-order valence-corrected chi connectivity index (χ2v) is 5.89. The summed E-state index contributed by atoms with van der Waals surface area (Å²) in [5.41, 5.74) is 1.32. The first-order valence-electron chi connectivity index (χ1n) is 7.97. The van der Waals surface area contributed by atoms with Crippen molar-refractivity contribution in [2.75, 3.05) is 32.9 Å². The second kappa shape index (κ2) is 8.03. The monoisotopic (exact) mass is 305 g/mol. The maximum absolute atomic E-state index is 5.64. The quantitative estimate of drug-likeness (QED) is 0.599. The summed E-state index contributed by atoms with van der Waals surface area (Å²) in [5.74, 6) is 1.74. The summed E-state index contributed by atoms with van der Waals surface area (Å²) in [4.78, 5) is 4.66. The van der Waals surface area contributed by atoms with Gasteiger partial charge in [-0.3, -0.25) is 0 Å². The smallest absolute Gasteiger partial charge is 0.191 e. The molecule has 0 radical (unpaired) electrons. The molecule has 0 bridgehead atoms. The van der Waals surface area contributed by atoms with E-state index in [1.54, 1.807) is 0 Å². The number of aliphatic imine (C=N–C) groups is 1. The Morgan fingerprint density at radius 3 is 2.68 bits per heavy atom. The van der Waals surface area contributed by atoms with Gasteiger partial charge in [-0.25, -0.2) is 4.99 Å². The van der Waals surface area contributed by atoms with Gasteiger partial charge in [0.15, 0.2) is 5.96 Å². The molecule has 22 heavy (non-hydrogen) atoms. The third-order valence-corrected chi connectivity index (χ3v) is 3.61. The van der Waals surface area contributed by atoms with Crippen molar-refractivity contribution in [3.05, 3.63) is 29.8 Å². The lowest BCUT2D eigenvalue weighted by Crippen LogP contribution is -2.51. The van der Waals surface area contributed by atoms with Crippen molar-refractivity contribution in [1.82, 2.24) is 10.6 Å². The molecule has 1 saturated heterocycles. The molecular formula is C17H27N3O2. The van der Waals surface area contributed by atoms with Gasteiger partial charge in [-0.1, -0.05) is 25.1 Å². The molecule has 0 spiro atoms. The molecule has 0 amide bonds. The molecule has 1 aliphatic rings. The van der Waals surface area contributed by atoms with Gasteiger partial charge in [0.2, 0.25) is 0 Å². The lowest BCUT2D eigenvalue weighted by atomic mass is 9.89. The SMILES string of the molecule is CCNC(=NCc1ccccc1OCC)NCC1(C)COC1. The van der Waals surface area contributed by atoms with E-state index >= 15 is 0 Å². The highest BCUT2D eigenvalue weighted by molar-refractivity contribution is 5.79. The molecule has 122 valence electrons. The van der Waals surface area contributed by atoms with Gasteiger partial charge >= 0.3 is 0 Å². The highest BCUT2D eigenvalue weighted by atomic mass is 16.5. The predicted octanol–water partition coefficient (Wildman–Crippen LogP) is 2.18. The summed E-state index contributed by atoms with van der Waals surface area (Å²) in [7, 11) is 0. The molecule has 1 aromatic rings. The van der Waals surface area contributed by atoms with Crippen LogP contribution >= 0.6 is 0 Å². The van der Waals surface area contributed by atoms with Crippen molar-refractivity contribution in [2.45, 2.75) is 27.3 Å². The summed E-state index contributed by atoms with van der Waals surface area (Å²) in [6.45, 7) is 10.9. The normalized spacial score (nSPS) is 16.8. The minimum Gasteiger partial charge on any atom is -0.494 e. The number of nitrogens with zero attached hydrogens (tertiary/aromatic N) is 1. The van der Waals surface area contributed by atoms with Gasteiger partial charge in [0.05, 0.1) is 26.4 Å². The number of hydrogen-bond donors (Lipinski definition) is 2. The molecule has 0 atom stereocenters. The van der Waals surface area contributed by atoms with E-state index in [9.17, 15) is 0 Å². The fourth-order valence-electron chi connectivity index (χ4n) is 2.29. The van der Waals surface area contributed by atoms with Crippen molar-refractivity contribution < 1.29 is 9.47 Å². The highest BCUT2D eigenvalue weighted by Gasteiger charge is 2.33. The number of hydrogen-bond acceptors (Lipinski definition) is 3. The predicted molar refractivity (Wildman–Crippen MR) is 89.4 cm³/mol. The fourth-order valence-corrected chi connectivity index (χ4v) is 2.29. The average Bonchev–Trinajstić information content (AvgIpc) is 2.50. The Kier molecular flexibility index (Phi) is 6.07. The second-order valence-electron chi connectivity index (χ2n) is 5.89. The minimum absolute atomic E-state index is 0.222. The molecule has 1 aliphatic heterocycles. The third kappa shape index (κ3) is 4.63. The summed E-state index contributed by atoms with van der Waals surface area (Å²) in [5, 5.41) is 6.69. The number of para-hydroxylation sites is 1. The zero-order valence-corrected chi connectivity index (χ0v) is 13.8. The van der Waals surface area contributed by atoms with Crippen molar-refractivity contribution >= 4 is 5.96 Å². The Morgan fingerprint density at radius 2 is 2.05 bits per heavy atom.